The molecule has 0 aliphatic heterocycles. The summed E-state index contributed by atoms with van der Waals surface area (Å²) in [6, 6.07) is 0. The Hall–Kier alpha value is -3.67. The summed E-state index contributed by atoms with van der Waals surface area (Å²) in [5.74, 6) is -1.05. The monoisotopic (exact) mass is 914 g/mol. The molecule has 0 aromatic rings. The largest absolute Gasteiger partial charge is 0.756 e. The van der Waals surface area contributed by atoms with Crippen molar-refractivity contribution in [1.29, 1.82) is 0 Å². The van der Waals surface area contributed by atoms with Crippen LogP contribution in [-0.2, 0) is 32.7 Å². The van der Waals surface area contributed by atoms with Crippen molar-refractivity contribution in [1.82, 2.24) is 0 Å². The number of hydrogen-bond donors (Lipinski definition) is 2. The van der Waals surface area contributed by atoms with Crippen LogP contribution in [0.15, 0.2) is 122 Å². The van der Waals surface area contributed by atoms with Crippen LogP contribution >= 0.6 is 7.82 Å². The molecular formula is C52H84NO10P. The molecule has 362 valence electrons. The molecule has 12 heteroatoms. The number of rotatable bonds is 40. The molecule has 0 aromatic heterocycles. The number of phosphoric ester groups is 1. The Balaban J connectivity index is 4.64. The van der Waals surface area contributed by atoms with Crippen molar-refractivity contribution < 1.29 is 52.3 Å². The van der Waals surface area contributed by atoms with Crippen LogP contribution in [0.3, 0.4) is 0 Å². The van der Waals surface area contributed by atoms with Gasteiger partial charge in [-0.1, -0.05) is 155 Å². The highest BCUT2D eigenvalue weighted by atomic mass is 31.2. The summed E-state index contributed by atoms with van der Waals surface area (Å²) >= 11 is 0. The van der Waals surface area contributed by atoms with Gasteiger partial charge < -0.3 is 38.1 Å². The van der Waals surface area contributed by atoms with Gasteiger partial charge in [-0.2, -0.15) is 0 Å². The quantitative estimate of drug-likeness (QED) is 0.0152. The Morgan fingerprint density at radius 1 is 0.594 bits per heavy atom. The van der Waals surface area contributed by atoms with Gasteiger partial charge in [-0.3, -0.25) is 14.2 Å². The predicted octanol–water partition coefficient (Wildman–Crippen LogP) is 11.0. The van der Waals surface area contributed by atoms with Gasteiger partial charge in [0.05, 0.1) is 40.0 Å². The molecule has 0 amide bonds. The summed E-state index contributed by atoms with van der Waals surface area (Å²) in [6.07, 6.45) is 51.6. The molecule has 0 saturated heterocycles. The highest BCUT2D eigenvalue weighted by molar-refractivity contribution is 7.45. The topological polar surface area (TPSA) is 152 Å². The Kier molecular flexibility index (Phi) is 39.6. The van der Waals surface area contributed by atoms with Gasteiger partial charge in [-0.05, 0) is 83.5 Å². The van der Waals surface area contributed by atoms with Crippen molar-refractivity contribution in [3.63, 3.8) is 0 Å². The first-order chi connectivity index (χ1) is 30.8. The van der Waals surface area contributed by atoms with E-state index in [0.717, 1.165) is 44.9 Å². The first-order valence-electron chi connectivity index (χ1n) is 23.5. The van der Waals surface area contributed by atoms with E-state index in [1.807, 2.05) is 64.5 Å². The van der Waals surface area contributed by atoms with E-state index >= 15 is 0 Å². The Morgan fingerprint density at radius 2 is 1.11 bits per heavy atom. The van der Waals surface area contributed by atoms with Gasteiger partial charge in [0.1, 0.15) is 19.8 Å². The summed E-state index contributed by atoms with van der Waals surface area (Å²) in [5, 5.41) is 20.0. The lowest BCUT2D eigenvalue weighted by atomic mass is 10.1. The minimum Gasteiger partial charge on any atom is -0.756 e. The average molecular weight is 914 g/mol. The third-order valence-corrected chi connectivity index (χ3v) is 10.1. The molecule has 0 saturated carbocycles. The number of phosphoric acid groups is 1. The van der Waals surface area contributed by atoms with Crippen LogP contribution in [0.4, 0.5) is 0 Å². The SMILES string of the molecule is CC/C=C\C[C@@H](O)/C=C/C=C\C=C\[C@@H](O)C/C=C\C/C=C\CCC(=O)OC[C@H](COP(=O)([O-])OCC[N+](C)(C)C)OC(=O)CCCCC/C=C\C/C=C\C/C=C\C/C=C\CCCCC. The second kappa shape index (κ2) is 42.0. The number of nitrogens with zero attached hydrogens (tertiary/aromatic N) is 1. The van der Waals surface area contributed by atoms with Gasteiger partial charge >= 0.3 is 11.9 Å². The summed E-state index contributed by atoms with van der Waals surface area (Å²) in [6.45, 7) is 3.73. The van der Waals surface area contributed by atoms with Crippen molar-refractivity contribution in [3.8, 4) is 0 Å². The second-order valence-corrected chi connectivity index (χ2v) is 17.8. The van der Waals surface area contributed by atoms with E-state index in [1.165, 1.54) is 25.7 Å². The lowest BCUT2D eigenvalue weighted by Gasteiger charge is -2.28. The van der Waals surface area contributed by atoms with Crippen molar-refractivity contribution >= 4 is 19.8 Å². The van der Waals surface area contributed by atoms with Crippen LogP contribution in [0.2, 0.25) is 0 Å². The van der Waals surface area contributed by atoms with Crippen LogP contribution < -0.4 is 4.89 Å². The van der Waals surface area contributed by atoms with Gasteiger partial charge in [0, 0.05) is 12.8 Å². The molecule has 0 fully saturated rings. The standard InChI is InChI=1S/C52H84NO10P/c1-6-8-10-11-12-13-14-15-16-17-18-19-20-21-22-23-24-29-37-43-52(57)63-50(47-62-64(58,59)61-45-44-53(3,4)5)46-60-51(56)42-36-28-26-25-27-33-39-49(55)41-35-31-30-34-40-48(54)38-32-9-7-2/h9,12-13,15-16,18-19,21-22,26-28,30-35,40-41,48-50,54-55H,6-8,10-11,14,17,20,23-25,29,36-39,42-47H2,1-5H3/b13-12-,16-15-,19-18-,22-21-,28-26-,31-30-,32-9-,33-27-,40-34+,41-35+/t48-,49+,50-/m1/s1. The minimum atomic E-state index is -4.69. The Bertz CT molecular complexity index is 1530. The molecule has 0 spiro atoms. The first-order valence-corrected chi connectivity index (χ1v) is 24.9. The van der Waals surface area contributed by atoms with Crippen molar-refractivity contribution in [2.45, 2.75) is 148 Å². The number of unbranched alkanes of at least 4 members (excludes halogenated alkanes) is 6. The summed E-state index contributed by atoms with van der Waals surface area (Å²) in [4.78, 5) is 37.6. The summed E-state index contributed by atoms with van der Waals surface area (Å²) in [7, 11) is 1.02. The molecule has 0 bridgehead atoms. The number of carbonyl (C=O) groups is 2. The number of carbonyl (C=O) groups excluding carboxylic acids is 2. The van der Waals surface area contributed by atoms with Crippen LogP contribution in [0.5, 0.6) is 0 Å². The Labute approximate surface area is 387 Å². The van der Waals surface area contributed by atoms with Crippen molar-refractivity contribution in [2.24, 2.45) is 0 Å². The van der Waals surface area contributed by atoms with Gasteiger partial charge in [-0.25, -0.2) is 0 Å². The van der Waals surface area contributed by atoms with Gasteiger partial charge in [0.2, 0.25) is 0 Å². The smallest absolute Gasteiger partial charge is 0.306 e. The zero-order chi connectivity index (χ0) is 47.4. The van der Waals surface area contributed by atoms with E-state index in [9.17, 15) is 29.3 Å². The van der Waals surface area contributed by atoms with E-state index in [1.54, 1.807) is 36.5 Å². The third-order valence-electron chi connectivity index (χ3n) is 9.15. The number of aliphatic hydroxyl groups excluding tert-OH is 2. The zero-order valence-electron chi connectivity index (χ0n) is 39.9. The fourth-order valence-corrected chi connectivity index (χ4v) is 6.15. The van der Waals surface area contributed by atoms with E-state index in [0.29, 0.717) is 43.1 Å². The highest BCUT2D eigenvalue weighted by Crippen LogP contribution is 2.38. The van der Waals surface area contributed by atoms with Crippen LogP contribution in [0, 0.1) is 0 Å². The number of ether oxygens (including phenoxy) is 2. The maximum absolute atomic E-state index is 12.7. The summed E-state index contributed by atoms with van der Waals surface area (Å²) in [5.41, 5.74) is 0. The number of quaternary nitrogens is 1. The zero-order valence-corrected chi connectivity index (χ0v) is 40.8. The number of esters is 2. The van der Waals surface area contributed by atoms with Crippen LogP contribution in [0.25, 0.3) is 0 Å². The van der Waals surface area contributed by atoms with Crippen molar-refractivity contribution in [2.75, 3.05) is 47.5 Å². The van der Waals surface area contributed by atoms with Crippen LogP contribution in [-0.4, -0.2) is 92.5 Å². The highest BCUT2D eigenvalue weighted by Gasteiger charge is 2.21. The number of hydrogen-bond acceptors (Lipinski definition) is 10. The van der Waals surface area contributed by atoms with Gasteiger partial charge in [0.25, 0.3) is 7.82 Å². The molecule has 0 aliphatic rings. The van der Waals surface area contributed by atoms with Crippen LogP contribution in [0.1, 0.15) is 129 Å². The molecule has 0 aliphatic carbocycles. The molecule has 0 heterocycles. The molecule has 4 atom stereocenters. The predicted molar refractivity (Wildman–Crippen MR) is 261 cm³/mol. The lowest BCUT2D eigenvalue weighted by molar-refractivity contribution is -0.870. The number of allylic oxidation sites excluding steroid dienone is 16. The molecule has 64 heavy (non-hydrogen) atoms. The van der Waals surface area contributed by atoms with E-state index in [4.69, 9.17) is 18.5 Å². The number of likely N-dealkylation sites (N-methyl/N-ethyl adjacent to an activating group) is 1. The Morgan fingerprint density at radius 3 is 1.66 bits per heavy atom. The molecule has 2 N–H and O–H groups in total. The van der Waals surface area contributed by atoms with Gasteiger partial charge in [-0.15, -0.1) is 0 Å². The summed E-state index contributed by atoms with van der Waals surface area (Å²) < 4.78 is 33.7. The molecule has 1 unspecified atom stereocenters. The molecule has 0 radical (unpaired) electrons. The second-order valence-electron chi connectivity index (χ2n) is 16.4. The average Bonchev–Trinajstić information content (AvgIpc) is 3.24. The first kappa shape index (κ1) is 60.3. The maximum Gasteiger partial charge on any atom is 0.306 e. The molecule has 0 aromatic carbocycles. The third kappa shape index (κ3) is 44.9. The fourth-order valence-electron chi connectivity index (χ4n) is 5.42. The van der Waals surface area contributed by atoms with E-state index < -0.39 is 44.7 Å². The lowest BCUT2D eigenvalue weighted by Crippen LogP contribution is -2.37. The molecular weight excluding hydrogens is 830 g/mol. The normalized spacial score (nSPS) is 15.6. The van der Waals surface area contributed by atoms with E-state index in [2.05, 4.69) is 55.5 Å². The fraction of sp³-hybridized carbons (Fsp3) is 0.577. The molecule has 11 nitrogen and oxygen atoms in total. The van der Waals surface area contributed by atoms with Gasteiger partial charge in [0.15, 0.2) is 6.10 Å². The number of aliphatic hydroxyl groups is 2. The van der Waals surface area contributed by atoms with E-state index in [-0.39, 0.29) is 26.1 Å². The van der Waals surface area contributed by atoms with Crippen molar-refractivity contribution in [3.05, 3.63) is 122 Å². The maximum atomic E-state index is 12.7. The minimum absolute atomic E-state index is 0.0744. The molecule has 0 rings (SSSR count).